The zero-order valence-corrected chi connectivity index (χ0v) is 8.31. The summed E-state index contributed by atoms with van der Waals surface area (Å²) in [5.41, 5.74) is 0. The lowest BCUT2D eigenvalue weighted by Gasteiger charge is -1.99. The van der Waals surface area contributed by atoms with Gasteiger partial charge in [-0.15, -0.1) is 0 Å². The average Bonchev–Trinajstić information content (AvgIpc) is 1.88. The third kappa shape index (κ3) is 1.67. The second-order valence-corrected chi connectivity index (χ2v) is 2.96. The fraction of sp³-hybridized carbons (Fsp3) is 0.200. The number of rotatable bonds is 1. The zero-order chi connectivity index (χ0) is 7.56. The summed E-state index contributed by atoms with van der Waals surface area (Å²) in [6.45, 7) is 0. The minimum absolute atomic E-state index is 0.542. The summed E-state index contributed by atoms with van der Waals surface area (Å²) in [4.78, 5) is 7.80. The van der Waals surface area contributed by atoms with Crippen LogP contribution >= 0.6 is 31.9 Å². The smallest absolute Gasteiger partial charge is 0.197 e. The molecule has 0 atom stereocenters. The van der Waals surface area contributed by atoms with Gasteiger partial charge in [0.2, 0.25) is 0 Å². The first kappa shape index (κ1) is 7.94. The monoisotopic (exact) mass is 266 g/mol. The molecule has 5 heteroatoms. The number of aromatic nitrogens is 2. The maximum Gasteiger partial charge on any atom is 0.197 e. The highest BCUT2D eigenvalue weighted by atomic mass is 79.9. The normalized spacial score (nSPS) is 9.50. The molecule has 54 valence electrons. The van der Waals surface area contributed by atoms with E-state index in [1.165, 1.54) is 0 Å². The van der Waals surface area contributed by atoms with Crippen molar-refractivity contribution < 1.29 is 4.74 Å². The molecule has 0 fully saturated rings. The summed E-state index contributed by atoms with van der Waals surface area (Å²) < 4.78 is 6.10. The Morgan fingerprint density at radius 2 is 2.20 bits per heavy atom. The lowest BCUT2D eigenvalue weighted by atomic mass is 10.6. The first-order chi connectivity index (χ1) is 4.74. The quantitative estimate of drug-likeness (QED) is 0.577. The predicted octanol–water partition coefficient (Wildman–Crippen LogP) is 2.01. The van der Waals surface area contributed by atoms with Crippen LogP contribution in [0, 0.1) is 0 Å². The Hall–Kier alpha value is -0.160. The number of hydrogen-bond donors (Lipinski definition) is 0. The number of nitrogens with zero attached hydrogens (tertiary/aromatic N) is 2. The molecule has 3 nitrogen and oxygen atoms in total. The fourth-order valence-electron chi connectivity index (χ4n) is 0.467. The van der Waals surface area contributed by atoms with E-state index in [0.717, 1.165) is 0 Å². The van der Waals surface area contributed by atoms with Crippen LogP contribution in [0.1, 0.15) is 0 Å². The summed E-state index contributed by atoms with van der Waals surface area (Å²) in [6.07, 6.45) is 1.58. The van der Waals surface area contributed by atoms with Gasteiger partial charge in [-0.05, 0) is 31.9 Å². The molecular weight excluding hydrogens is 264 g/mol. The Morgan fingerprint density at radius 1 is 1.50 bits per heavy atom. The van der Waals surface area contributed by atoms with Crippen molar-refractivity contribution in [1.29, 1.82) is 0 Å². The third-order valence-electron chi connectivity index (χ3n) is 0.902. The van der Waals surface area contributed by atoms with Crippen molar-refractivity contribution in [3.8, 4) is 5.75 Å². The van der Waals surface area contributed by atoms with Gasteiger partial charge in [-0.3, -0.25) is 0 Å². The molecule has 1 rings (SSSR count). The van der Waals surface area contributed by atoms with Crippen molar-refractivity contribution in [1.82, 2.24) is 9.97 Å². The van der Waals surface area contributed by atoms with Crippen molar-refractivity contribution in [3.05, 3.63) is 15.5 Å². The summed E-state index contributed by atoms with van der Waals surface area (Å²) in [6, 6.07) is 0. The van der Waals surface area contributed by atoms with Crippen molar-refractivity contribution in [2.24, 2.45) is 0 Å². The summed E-state index contributed by atoms with van der Waals surface area (Å²) in [5, 5.41) is 0. The summed E-state index contributed by atoms with van der Waals surface area (Å²) >= 11 is 6.32. The van der Waals surface area contributed by atoms with Gasteiger partial charge in [0.05, 0.1) is 13.3 Å². The molecule has 0 amide bonds. The molecule has 10 heavy (non-hydrogen) atoms. The maximum atomic E-state index is 4.91. The second-order valence-electron chi connectivity index (χ2n) is 1.50. The minimum Gasteiger partial charge on any atom is -0.492 e. The topological polar surface area (TPSA) is 35.0 Å². The van der Waals surface area contributed by atoms with Crippen molar-refractivity contribution in [2.75, 3.05) is 7.11 Å². The SMILES string of the molecule is COc1cnc(Br)nc1Br. The van der Waals surface area contributed by atoms with Gasteiger partial charge >= 0.3 is 0 Å². The van der Waals surface area contributed by atoms with Crippen LogP contribution in [0.2, 0.25) is 0 Å². The standard InChI is InChI=1S/C5H4Br2N2O/c1-10-3-2-8-5(7)9-4(3)6/h2H,1H3. The molecule has 0 spiro atoms. The van der Waals surface area contributed by atoms with E-state index in [4.69, 9.17) is 4.74 Å². The molecule has 0 unspecified atom stereocenters. The largest absolute Gasteiger partial charge is 0.492 e. The van der Waals surface area contributed by atoms with E-state index < -0.39 is 0 Å². The maximum absolute atomic E-state index is 4.91. The van der Waals surface area contributed by atoms with Crippen LogP contribution in [0.3, 0.4) is 0 Å². The van der Waals surface area contributed by atoms with Gasteiger partial charge in [-0.1, -0.05) is 0 Å². The van der Waals surface area contributed by atoms with Crippen molar-refractivity contribution in [3.63, 3.8) is 0 Å². The van der Waals surface area contributed by atoms with Gasteiger partial charge in [0.1, 0.15) is 0 Å². The van der Waals surface area contributed by atoms with Crippen LogP contribution in [0.4, 0.5) is 0 Å². The summed E-state index contributed by atoms with van der Waals surface area (Å²) in [7, 11) is 1.57. The Morgan fingerprint density at radius 3 is 2.70 bits per heavy atom. The van der Waals surface area contributed by atoms with Gasteiger partial charge in [-0.25, -0.2) is 9.97 Å². The van der Waals surface area contributed by atoms with Gasteiger partial charge in [0.25, 0.3) is 0 Å². The molecule has 0 saturated heterocycles. The highest BCUT2D eigenvalue weighted by Crippen LogP contribution is 2.21. The Bertz CT molecular complexity index is 241. The zero-order valence-electron chi connectivity index (χ0n) is 5.14. The molecule has 0 aliphatic heterocycles. The minimum atomic E-state index is 0.542. The molecule has 1 aromatic heterocycles. The predicted molar refractivity (Wildman–Crippen MR) is 44.0 cm³/mol. The lowest BCUT2D eigenvalue weighted by Crippen LogP contribution is -1.89. The molecule has 0 radical (unpaired) electrons. The van der Waals surface area contributed by atoms with Gasteiger partial charge in [0.15, 0.2) is 15.1 Å². The van der Waals surface area contributed by atoms with E-state index in [2.05, 4.69) is 41.8 Å². The third-order valence-corrected chi connectivity index (χ3v) is 1.85. The molecule has 0 N–H and O–H groups in total. The highest BCUT2D eigenvalue weighted by Gasteiger charge is 2.00. The number of halogens is 2. The molecule has 0 bridgehead atoms. The molecule has 0 aliphatic carbocycles. The first-order valence-corrected chi connectivity index (χ1v) is 4.04. The van der Waals surface area contributed by atoms with Crippen molar-refractivity contribution in [2.45, 2.75) is 0 Å². The molecule has 0 saturated carbocycles. The van der Waals surface area contributed by atoms with E-state index in [1.807, 2.05) is 0 Å². The van der Waals surface area contributed by atoms with Gasteiger partial charge < -0.3 is 4.74 Å². The summed E-state index contributed by atoms with van der Waals surface area (Å²) in [5.74, 6) is 0.628. The van der Waals surface area contributed by atoms with Crippen LogP contribution in [-0.4, -0.2) is 17.1 Å². The highest BCUT2D eigenvalue weighted by molar-refractivity contribution is 9.11. The average molecular weight is 268 g/mol. The number of hydrogen-bond acceptors (Lipinski definition) is 3. The number of ether oxygens (including phenoxy) is 1. The lowest BCUT2D eigenvalue weighted by molar-refractivity contribution is 0.407. The van der Waals surface area contributed by atoms with E-state index >= 15 is 0 Å². The van der Waals surface area contributed by atoms with E-state index in [9.17, 15) is 0 Å². The Balaban J connectivity index is 3.07. The van der Waals surface area contributed by atoms with Gasteiger partial charge in [0, 0.05) is 0 Å². The van der Waals surface area contributed by atoms with Crippen LogP contribution in [-0.2, 0) is 0 Å². The number of methoxy groups -OCH3 is 1. The Labute approximate surface area is 75.1 Å². The molecule has 0 aliphatic rings. The molecule has 1 aromatic rings. The van der Waals surface area contributed by atoms with Crippen LogP contribution < -0.4 is 4.74 Å². The van der Waals surface area contributed by atoms with E-state index in [-0.39, 0.29) is 0 Å². The van der Waals surface area contributed by atoms with Crippen LogP contribution in [0.5, 0.6) is 5.75 Å². The fourth-order valence-corrected chi connectivity index (χ4v) is 1.42. The first-order valence-electron chi connectivity index (χ1n) is 2.46. The van der Waals surface area contributed by atoms with E-state index in [0.29, 0.717) is 15.1 Å². The Kier molecular flexibility index (Phi) is 2.62. The molecule has 0 aromatic carbocycles. The van der Waals surface area contributed by atoms with Crippen LogP contribution in [0.25, 0.3) is 0 Å². The van der Waals surface area contributed by atoms with Crippen LogP contribution in [0.15, 0.2) is 15.5 Å². The van der Waals surface area contributed by atoms with E-state index in [1.54, 1.807) is 13.3 Å². The second kappa shape index (κ2) is 3.30. The van der Waals surface area contributed by atoms with Crippen molar-refractivity contribution >= 4 is 31.9 Å². The van der Waals surface area contributed by atoms with Gasteiger partial charge in [-0.2, -0.15) is 0 Å². The molecule has 1 heterocycles. The molecular formula is C5H4Br2N2O.